The average molecular weight is 268 g/mol. The Morgan fingerprint density at radius 1 is 1.44 bits per heavy atom. The van der Waals surface area contributed by atoms with Crippen molar-refractivity contribution >= 4 is 17.6 Å². The number of hydrogen-bond acceptors (Lipinski definition) is 3. The van der Waals surface area contributed by atoms with Crippen LogP contribution in [0.3, 0.4) is 0 Å². The number of aromatic carboxylic acids is 1. The molecule has 2 rings (SSSR count). The molecule has 6 nitrogen and oxygen atoms in total. The number of hydrogen-bond donors (Lipinski definition) is 1. The van der Waals surface area contributed by atoms with E-state index in [9.17, 15) is 9.59 Å². The molecule has 1 heterocycles. The highest BCUT2D eigenvalue weighted by Gasteiger charge is 2.19. The highest BCUT2D eigenvalue weighted by molar-refractivity contribution is 6.32. The minimum atomic E-state index is -1.25. The van der Waals surface area contributed by atoms with Crippen LogP contribution < -0.4 is 5.69 Å². The summed E-state index contributed by atoms with van der Waals surface area (Å²) in [4.78, 5) is 23.0. The van der Waals surface area contributed by atoms with Crippen LogP contribution in [0.25, 0.3) is 5.69 Å². The van der Waals surface area contributed by atoms with E-state index in [1.54, 1.807) is 31.2 Å². The summed E-state index contributed by atoms with van der Waals surface area (Å²) in [5.74, 6) is -1.55. The predicted octanol–water partition coefficient (Wildman–Crippen LogP) is 1.41. The summed E-state index contributed by atoms with van der Waals surface area (Å²) in [6.45, 7) is 1.90. The van der Waals surface area contributed by atoms with Crippen LogP contribution in [0.5, 0.6) is 0 Å². The molecule has 0 spiro atoms. The first kappa shape index (κ1) is 12.4. The van der Waals surface area contributed by atoms with Gasteiger partial charge >= 0.3 is 11.7 Å². The monoisotopic (exact) mass is 267 g/mol. The zero-order valence-electron chi connectivity index (χ0n) is 9.50. The second-order valence-electron chi connectivity index (χ2n) is 3.52. The van der Waals surface area contributed by atoms with Crippen molar-refractivity contribution in [1.82, 2.24) is 14.3 Å². The maximum absolute atomic E-state index is 12.0. The predicted molar refractivity (Wildman–Crippen MR) is 65.5 cm³/mol. The van der Waals surface area contributed by atoms with E-state index in [0.29, 0.717) is 10.7 Å². The summed E-state index contributed by atoms with van der Waals surface area (Å²) in [6.07, 6.45) is 0. The third kappa shape index (κ3) is 1.91. The van der Waals surface area contributed by atoms with Gasteiger partial charge in [0, 0.05) is 6.54 Å². The van der Waals surface area contributed by atoms with Crippen molar-refractivity contribution in [2.24, 2.45) is 0 Å². The van der Waals surface area contributed by atoms with E-state index >= 15 is 0 Å². The lowest BCUT2D eigenvalue weighted by molar-refractivity contribution is 0.0677. The molecule has 0 radical (unpaired) electrons. The third-order valence-corrected chi connectivity index (χ3v) is 2.77. The van der Waals surface area contributed by atoms with E-state index in [0.717, 1.165) is 9.25 Å². The largest absolute Gasteiger partial charge is 0.475 e. The summed E-state index contributed by atoms with van der Waals surface area (Å²) in [5.41, 5.74) is -0.165. The van der Waals surface area contributed by atoms with Crippen LogP contribution in [-0.2, 0) is 6.54 Å². The van der Waals surface area contributed by atoms with E-state index in [1.165, 1.54) is 0 Å². The Kier molecular flexibility index (Phi) is 3.20. The van der Waals surface area contributed by atoms with Gasteiger partial charge in [-0.15, -0.1) is 5.10 Å². The Balaban J connectivity index is 2.71. The number of carboxylic acid groups (broad SMARTS) is 1. The fourth-order valence-electron chi connectivity index (χ4n) is 1.62. The zero-order chi connectivity index (χ0) is 13.3. The van der Waals surface area contributed by atoms with Crippen LogP contribution in [0, 0.1) is 0 Å². The molecule has 1 aromatic carbocycles. The maximum Gasteiger partial charge on any atom is 0.374 e. The molecule has 0 aliphatic heterocycles. The van der Waals surface area contributed by atoms with Crippen LogP contribution in [0.4, 0.5) is 0 Å². The van der Waals surface area contributed by atoms with E-state index in [-0.39, 0.29) is 12.4 Å². The van der Waals surface area contributed by atoms with Crippen molar-refractivity contribution in [1.29, 1.82) is 0 Å². The lowest BCUT2D eigenvalue weighted by Crippen LogP contribution is -2.24. The van der Waals surface area contributed by atoms with Gasteiger partial charge in [0.2, 0.25) is 5.82 Å². The second-order valence-corrected chi connectivity index (χ2v) is 3.93. The van der Waals surface area contributed by atoms with Crippen molar-refractivity contribution in [3.63, 3.8) is 0 Å². The van der Waals surface area contributed by atoms with Gasteiger partial charge < -0.3 is 5.11 Å². The van der Waals surface area contributed by atoms with Gasteiger partial charge in [-0.1, -0.05) is 23.7 Å². The Hall–Kier alpha value is -2.08. The first-order valence-electron chi connectivity index (χ1n) is 5.24. The molecular formula is C11H10ClN3O3. The summed E-state index contributed by atoms with van der Waals surface area (Å²) >= 11 is 5.96. The van der Waals surface area contributed by atoms with E-state index < -0.39 is 11.7 Å². The highest BCUT2D eigenvalue weighted by Crippen LogP contribution is 2.17. The lowest BCUT2D eigenvalue weighted by Gasteiger charge is -2.00. The van der Waals surface area contributed by atoms with E-state index in [1.807, 2.05) is 0 Å². The molecule has 2 aromatic rings. The van der Waals surface area contributed by atoms with Crippen molar-refractivity contribution in [3.8, 4) is 5.69 Å². The first-order chi connectivity index (χ1) is 8.56. The fraction of sp³-hybridized carbons (Fsp3) is 0.182. The van der Waals surface area contributed by atoms with Gasteiger partial charge in [0.25, 0.3) is 0 Å². The minimum absolute atomic E-state index is 0.227. The maximum atomic E-state index is 12.0. The number of benzene rings is 1. The summed E-state index contributed by atoms with van der Waals surface area (Å²) in [7, 11) is 0. The Morgan fingerprint density at radius 2 is 2.11 bits per heavy atom. The van der Waals surface area contributed by atoms with Gasteiger partial charge in [-0.3, -0.25) is 4.57 Å². The normalized spacial score (nSPS) is 10.6. The quantitative estimate of drug-likeness (QED) is 0.912. The van der Waals surface area contributed by atoms with E-state index in [4.69, 9.17) is 16.7 Å². The van der Waals surface area contributed by atoms with Crippen molar-refractivity contribution in [2.45, 2.75) is 13.5 Å². The highest BCUT2D eigenvalue weighted by atomic mass is 35.5. The third-order valence-electron chi connectivity index (χ3n) is 2.45. The molecule has 1 N–H and O–H groups in total. The summed E-state index contributed by atoms with van der Waals surface area (Å²) in [5, 5.41) is 13.1. The molecule has 0 amide bonds. The molecule has 7 heteroatoms. The number of nitrogens with zero attached hydrogens (tertiary/aromatic N) is 3. The molecule has 0 aliphatic carbocycles. The molecule has 18 heavy (non-hydrogen) atoms. The number of carbonyl (C=O) groups is 1. The Morgan fingerprint density at radius 3 is 2.61 bits per heavy atom. The molecule has 0 atom stereocenters. The zero-order valence-corrected chi connectivity index (χ0v) is 10.3. The molecule has 0 fully saturated rings. The lowest BCUT2D eigenvalue weighted by atomic mass is 10.3. The average Bonchev–Trinajstić information content (AvgIpc) is 2.67. The standard InChI is InChI=1S/C11H10ClN3O3/c1-2-14-9(10(16)17)13-15(11(14)18)8-6-4-3-5-7(8)12/h3-6H,2H2,1H3,(H,16,17). The summed E-state index contributed by atoms with van der Waals surface area (Å²) in [6, 6.07) is 6.61. The van der Waals surface area contributed by atoms with Gasteiger partial charge in [0.05, 0.1) is 10.7 Å². The number of aromatic nitrogens is 3. The number of para-hydroxylation sites is 1. The van der Waals surface area contributed by atoms with E-state index in [2.05, 4.69) is 5.10 Å². The van der Waals surface area contributed by atoms with Crippen molar-refractivity contribution in [2.75, 3.05) is 0 Å². The van der Waals surface area contributed by atoms with Crippen LogP contribution in [0.1, 0.15) is 17.5 Å². The Labute approximate surface area is 107 Å². The molecule has 0 unspecified atom stereocenters. The molecule has 0 aliphatic rings. The number of rotatable bonds is 3. The Bertz CT molecular complexity index is 660. The second kappa shape index (κ2) is 4.66. The number of halogens is 1. The van der Waals surface area contributed by atoms with Crippen LogP contribution >= 0.6 is 11.6 Å². The van der Waals surface area contributed by atoms with Gasteiger partial charge in [-0.2, -0.15) is 4.68 Å². The van der Waals surface area contributed by atoms with Crippen molar-refractivity contribution < 1.29 is 9.90 Å². The first-order valence-corrected chi connectivity index (χ1v) is 5.62. The summed E-state index contributed by atoms with van der Waals surface area (Å²) < 4.78 is 2.07. The molecular weight excluding hydrogens is 258 g/mol. The van der Waals surface area contributed by atoms with Crippen molar-refractivity contribution in [3.05, 3.63) is 45.6 Å². The van der Waals surface area contributed by atoms with Gasteiger partial charge in [0.15, 0.2) is 0 Å². The smallest absolute Gasteiger partial charge is 0.374 e. The van der Waals surface area contributed by atoms with Gasteiger partial charge in [0.1, 0.15) is 0 Å². The molecule has 94 valence electrons. The number of carboxylic acids is 1. The van der Waals surface area contributed by atoms with Crippen LogP contribution in [0.2, 0.25) is 5.02 Å². The topological polar surface area (TPSA) is 77.1 Å². The fourth-order valence-corrected chi connectivity index (χ4v) is 1.84. The minimum Gasteiger partial charge on any atom is -0.475 e. The molecule has 0 saturated carbocycles. The van der Waals surface area contributed by atoms with Crippen LogP contribution in [0.15, 0.2) is 29.1 Å². The SMILES string of the molecule is CCn1c(C(=O)O)nn(-c2ccccc2Cl)c1=O. The molecule has 0 saturated heterocycles. The van der Waals surface area contributed by atoms with Crippen LogP contribution in [-0.4, -0.2) is 25.4 Å². The molecule has 1 aromatic heterocycles. The van der Waals surface area contributed by atoms with Gasteiger partial charge in [-0.05, 0) is 19.1 Å². The van der Waals surface area contributed by atoms with Gasteiger partial charge in [-0.25, -0.2) is 9.59 Å². The molecule has 0 bridgehead atoms.